The Morgan fingerprint density at radius 1 is 0.491 bits per heavy atom. The molecule has 0 saturated carbocycles. The third kappa shape index (κ3) is 6.44. The lowest BCUT2D eigenvalue weighted by Gasteiger charge is -2.22. The number of aromatic nitrogens is 2. The van der Waals surface area contributed by atoms with Crippen molar-refractivity contribution >= 4 is 17.2 Å². The van der Waals surface area contributed by atoms with Crippen LogP contribution in [0.5, 0.6) is 5.75 Å². The predicted molar refractivity (Wildman–Crippen MR) is 221 cm³/mol. The highest BCUT2D eigenvalue weighted by atomic mass is 16.5. The Morgan fingerprint density at radius 3 is 1.78 bits per heavy atom. The minimum absolute atomic E-state index is 0.0963. The Hall–Kier alpha value is -7.18. The van der Waals surface area contributed by atoms with Crippen molar-refractivity contribution in [3.05, 3.63) is 216 Å². The van der Waals surface area contributed by atoms with E-state index in [1.165, 1.54) is 11.1 Å². The minimum Gasteiger partial charge on any atom is -0.485 e. The molecule has 0 saturated heterocycles. The van der Waals surface area contributed by atoms with Crippen LogP contribution in [0.15, 0.2) is 198 Å². The van der Waals surface area contributed by atoms with E-state index in [0.29, 0.717) is 5.82 Å². The summed E-state index contributed by atoms with van der Waals surface area (Å²) in [6.45, 7) is 0. The van der Waals surface area contributed by atoms with Crippen LogP contribution in [0.4, 0.5) is 0 Å². The molecule has 0 fully saturated rings. The Bertz CT molecular complexity index is 2590. The summed E-state index contributed by atoms with van der Waals surface area (Å²) in [6, 6.07) is 58.1. The summed E-state index contributed by atoms with van der Waals surface area (Å²) >= 11 is 0. The number of aliphatic imine (C=N–C) groups is 2. The average molecular weight is 710 g/mol. The molecular formula is C49H35N5O. The highest BCUT2D eigenvalue weighted by Gasteiger charge is 2.33. The SMILES string of the molecule is C1=CC2c3ccccc3OC2C=C1c1cc(-c2ccc(-c3ccccc3)cc2)nc(-c2cccc(C3N=C(c4ccccc4)NC(c4ccccc4)=N3)c2)n1. The van der Waals surface area contributed by atoms with Crippen LogP contribution in [0.2, 0.25) is 0 Å². The van der Waals surface area contributed by atoms with E-state index in [4.69, 9.17) is 24.7 Å². The van der Waals surface area contributed by atoms with E-state index in [-0.39, 0.29) is 12.0 Å². The molecule has 2 atom stereocenters. The van der Waals surface area contributed by atoms with Gasteiger partial charge in [-0.2, -0.15) is 0 Å². The quantitative estimate of drug-likeness (QED) is 0.179. The Morgan fingerprint density at radius 2 is 1.07 bits per heavy atom. The fourth-order valence-electron chi connectivity index (χ4n) is 7.48. The van der Waals surface area contributed by atoms with Crippen molar-refractivity contribution in [2.75, 3.05) is 0 Å². The first-order valence-electron chi connectivity index (χ1n) is 18.6. The highest BCUT2D eigenvalue weighted by Crippen LogP contribution is 2.43. The summed E-state index contributed by atoms with van der Waals surface area (Å²) < 4.78 is 6.41. The molecule has 0 bridgehead atoms. The maximum atomic E-state index is 6.41. The van der Waals surface area contributed by atoms with Gasteiger partial charge in [-0.15, -0.1) is 0 Å². The number of amidine groups is 2. The molecule has 55 heavy (non-hydrogen) atoms. The van der Waals surface area contributed by atoms with Crippen molar-refractivity contribution in [1.29, 1.82) is 0 Å². The largest absolute Gasteiger partial charge is 0.485 e. The molecule has 0 radical (unpaired) electrons. The van der Waals surface area contributed by atoms with Crippen LogP contribution in [0.3, 0.4) is 0 Å². The molecule has 10 rings (SSSR count). The van der Waals surface area contributed by atoms with Crippen molar-refractivity contribution in [2.45, 2.75) is 18.2 Å². The van der Waals surface area contributed by atoms with Crippen LogP contribution in [0.25, 0.3) is 39.3 Å². The number of nitrogens with zero attached hydrogens (tertiary/aromatic N) is 4. The van der Waals surface area contributed by atoms with Gasteiger partial charge in [0.25, 0.3) is 0 Å². The molecule has 6 heteroatoms. The van der Waals surface area contributed by atoms with Crippen molar-refractivity contribution in [2.24, 2.45) is 9.98 Å². The third-order valence-electron chi connectivity index (χ3n) is 10.3. The second kappa shape index (κ2) is 14.0. The van der Waals surface area contributed by atoms with Crippen molar-refractivity contribution in [1.82, 2.24) is 15.3 Å². The van der Waals surface area contributed by atoms with Crippen LogP contribution in [0.1, 0.15) is 40.0 Å². The van der Waals surface area contributed by atoms with E-state index in [0.717, 1.165) is 67.8 Å². The summed E-state index contributed by atoms with van der Waals surface area (Å²) in [5.41, 5.74) is 11.1. The molecule has 1 N–H and O–H groups in total. The first kappa shape index (κ1) is 32.5. The fraction of sp³-hybridized carbons (Fsp3) is 0.0612. The van der Waals surface area contributed by atoms with Gasteiger partial charge in [-0.1, -0.05) is 164 Å². The smallest absolute Gasteiger partial charge is 0.169 e. The number of nitrogens with one attached hydrogen (secondary N) is 1. The average Bonchev–Trinajstić information content (AvgIpc) is 3.65. The number of para-hydroxylation sites is 1. The summed E-state index contributed by atoms with van der Waals surface area (Å²) in [5, 5.41) is 3.49. The first-order chi connectivity index (χ1) is 27.2. The van der Waals surface area contributed by atoms with Gasteiger partial charge in [-0.05, 0) is 46.5 Å². The topological polar surface area (TPSA) is 71.8 Å². The van der Waals surface area contributed by atoms with E-state index in [9.17, 15) is 0 Å². The molecule has 2 unspecified atom stereocenters. The van der Waals surface area contributed by atoms with Gasteiger partial charge in [-0.3, -0.25) is 0 Å². The van der Waals surface area contributed by atoms with E-state index in [2.05, 4.69) is 133 Å². The number of ether oxygens (including phenoxy) is 1. The van der Waals surface area contributed by atoms with Gasteiger partial charge < -0.3 is 10.1 Å². The lowest BCUT2D eigenvalue weighted by molar-refractivity contribution is 0.269. The number of rotatable bonds is 7. The molecule has 262 valence electrons. The molecule has 3 aliphatic rings. The maximum absolute atomic E-state index is 6.41. The van der Waals surface area contributed by atoms with Crippen LogP contribution in [-0.2, 0) is 0 Å². The first-order valence-corrected chi connectivity index (χ1v) is 18.6. The van der Waals surface area contributed by atoms with E-state index < -0.39 is 6.17 Å². The lowest BCUT2D eigenvalue weighted by Crippen LogP contribution is -2.35. The minimum atomic E-state index is -0.470. The second-order valence-electron chi connectivity index (χ2n) is 13.8. The summed E-state index contributed by atoms with van der Waals surface area (Å²) in [6.07, 6.45) is 6.04. The number of hydrogen-bond acceptors (Lipinski definition) is 6. The van der Waals surface area contributed by atoms with Crippen molar-refractivity contribution < 1.29 is 4.74 Å². The Balaban J connectivity index is 1.06. The van der Waals surface area contributed by atoms with Gasteiger partial charge in [-0.25, -0.2) is 20.0 Å². The summed E-state index contributed by atoms with van der Waals surface area (Å²) in [4.78, 5) is 20.7. The number of allylic oxidation sites excluding steroid dienone is 2. The molecule has 7 aromatic rings. The number of fused-ring (bicyclic) bond motifs is 3. The fourth-order valence-corrected chi connectivity index (χ4v) is 7.48. The zero-order chi connectivity index (χ0) is 36.6. The molecule has 3 heterocycles. The molecule has 6 nitrogen and oxygen atoms in total. The normalized spacial score (nSPS) is 17.2. The van der Waals surface area contributed by atoms with Gasteiger partial charge >= 0.3 is 0 Å². The molecule has 0 spiro atoms. The summed E-state index contributed by atoms with van der Waals surface area (Å²) in [7, 11) is 0. The van der Waals surface area contributed by atoms with Gasteiger partial charge in [0, 0.05) is 33.7 Å². The predicted octanol–water partition coefficient (Wildman–Crippen LogP) is 10.5. The zero-order valence-electron chi connectivity index (χ0n) is 29.8. The van der Waals surface area contributed by atoms with E-state index in [1.807, 2.05) is 60.7 Å². The van der Waals surface area contributed by atoms with Gasteiger partial charge in [0.1, 0.15) is 23.5 Å². The van der Waals surface area contributed by atoms with Gasteiger partial charge in [0.05, 0.1) is 11.4 Å². The molecule has 0 amide bonds. The van der Waals surface area contributed by atoms with E-state index >= 15 is 0 Å². The molecule has 1 aromatic heterocycles. The molecule has 1 aliphatic carbocycles. The third-order valence-corrected chi connectivity index (χ3v) is 10.3. The number of benzene rings is 6. The maximum Gasteiger partial charge on any atom is 0.169 e. The van der Waals surface area contributed by atoms with Crippen LogP contribution >= 0.6 is 0 Å². The molecule has 2 aliphatic heterocycles. The van der Waals surface area contributed by atoms with Crippen LogP contribution in [-0.4, -0.2) is 27.7 Å². The van der Waals surface area contributed by atoms with Crippen molar-refractivity contribution in [3.8, 4) is 39.5 Å². The van der Waals surface area contributed by atoms with Crippen LogP contribution in [0, 0.1) is 0 Å². The lowest BCUT2D eigenvalue weighted by atomic mass is 9.88. The Kier molecular flexibility index (Phi) is 8.26. The van der Waals surface area contributed by atoms with E-state index in [1.54, 1.807) is 0 Å². The standard InChI is InChI=1S/C49H35N5O/c1-4-13-32(14-5-1)33-23-25-34(26-24-33)42-31-43(37-27-28-41-40-21-10-11-22-44(40)55-45(41)30-37)51-48(50-42)38-19-12-20-39(29-38)49-53-46(35-15-6-2-7-16-35)52-47(54-49)36-17-8-3-9-18-36/h1-31,41,45,49H,(H,52,53,54). The van der Waals surface area contributed by atoms with Crippen molar-refractivity contribution in [3.63, 3.8) is 0 Å². The monoisotopic (exact) mass is 709 g/mol. The van der Waals surface area contributed by atoms with Crippen LogP contribution < -0.4 is 10.1 Å². The summed E-state index contributed by atoms with van der Waals surface area (Å²) in [5.74, 6) is 3.29. The highest BCUT2D eigenvalue weighted by molar-refractivity contribution is 6.15. The van der Waals surface area contributed by atoms with Gasteiger partial charge in [0.2, 0.25) is 0 Å². The second-order valence-corrected chi connectivity index (χ2v) is 13.8. The molecule has 6 aromatic carbocycles. The Labute approximate surface area is 320 Å². The van der Waals surface area contributed by atoms with Gasteiger partial charge in [0.15, 0.2) is 12.0 Å². The zero-order valence-corrected chi connectivity index (χ0v) is 29.8. The molecular weight excluding hydrogens is 675 g/mol. The number of hydrogen-bond donors (Lipinski definition) is 1.